The zero-order valence-electron chi connectivity index (χ0n) is 12.6. The topological polar surface area (TPSA) is 12.0 Å². The molecule has 0 aliphatic rings. The maximum Gasteiger partial charge on any atom is 0.419 e. The fourth-order valence-corrected chi connectivity index (χ4v) is 2.33. The number of aryl methyl sites for hydroxylation is 1. The van der Waals surface area contributed by atoms with Gasteiger partial charge in [-0.3, -0.25) is 0 Å². The molecule has 0 aromatic heterocycles. The second-order valence-corrected chi connectivity index (χ2v) is 5.29. The van der Waals surface area contributed by atoms with E-state index in [0.29, 0.717) is 18.0 Å². The number of nitrogens with one attached hydrogen (secondary N) is 1. The molecule has 1 rings (SSSR count). The molecule has 0 spiro atoms. The summed E-state index contributed by atoms with van der Waals surface area (Å²) in [6.07, 6.45) is -0.147. The van der Waals surface area contributed by atoms with Crippen LogP contribution in [0.25, 0.3) is 0 Å². The van der Waals surface area contributed by atoms with Crippen LogP contribution in [0.5, 0.6) is 0 Å². The van der Waals surface area contributed by atoms with Gasteiger partial charge in [-0.15, -0.1) is 0 Å². The van der Waals surface area contributed by atoms with Gasteiger partial charge in [0.2, 0.25) is 0 Å². The molecule has 1 aromatic rings. The van der Waals surface area contributed by atoms with Crippen molar-refractivity contribution >= 4 is 0 Å². The van der Waals surface area contributed by atoms with Crippen molar-refractivity contribution in [2.45, 2.75) is 58.2 Å². The number of alkyl halides is 3. The van der Waals surface area contributed by atoms with Crippen molar-refractivity contribution in [3.8, 4) is 0 Å². The zero-order chi connectivity index (χ0) is 15.9. The lowest BCUT2D eigenvalue weighted by atomic mass is 10.0. The largest absolute Gasteiger partial charge is 0.419 e. The van der Waals surface area contributed by atoms with Crippen molar-refractivity contribution in [1.29, 1.82) is 0 Å². The molecule has 0 saturated heterocycles. The predicted octanol–water partition coefficient (Wildman–Crippen LogP) is 4.95. The molecule has 120 valence electrons. The van der Waals surface area contributed by atoms with Crippen LogP contribution in [0, 0.1) is 5.82 Å². The molecular weight excluding hydrogens is 282 g/mol. The zero-order valence-corrected chi connectivity index (χ0v) is 12.6. The van der Waals surface area contributed by atoms with E-state index in [4.69, 9.17) is 0 Å². The summed E-state index contributed by atoms with van der Waals surface area (Å²) in [4.78, 5) is 0. The Labute approximate surface area is 123 Å². The van der Waals surface area contributed by atoms with Crippen LogP contribution in [0.15, 0.2) is 18.2 Å². The molecule has 0 saturated carbocycles. The molecule has 0 aliphatic heterocycles. The molecule has 0 heterocycles. The van der Waals surface area contributed by atoms with Crippen LogP contribution in [0.4, 0.5) is 17.6 Å². The van der Waals surface area contributed by atoms with E-state index < -0.39 is 17.6 Å². The molecule has 0 bridgehead atoms. The molecule has 1 unspecified atom stereocenters. The summed E-state index contributed by atoms with van der Waals surface area (Å²) in [5.41, 5.74) is -0.583. The Kier molecular flexibility index (Phi) is 7.15. The number of halogens is 4. The summed E-state index contributed by atoms with van der Waals surface area (Å²) < 4.78 is 50.9. The van der Waals surface area contributed by atoms with E-state index in [1.807, 2.05) is 0 Å². The summed E-state index contributed by atoms with van der Waals surface area (Å²) in [6.45, 7) is 5.10. The van der Waals surface area contributed by atoms with Crippen molar-refractivity contribution in [3.63, 3.8) is 0 Å². The average molecular weight is 305 g/mol. The third-order valence-corrected chi connectivity index (χ3v) is 3.44. The molecule has 21 heavy (non-hydrogen) atoms. The van der Waals surface area contributed by atoms with Crippen LogP contribution in [-0.4, -0.2) is 12.6 Å². The van der Waals surface area contributed by atoms with E-state index >= 15 is 0 Å². The maximum atomic E-state index is 13.5. The summed E-state index contributed by atoms with van der Waals surface area (Å²) in [7, 11) is 0. The summed E-state index contributed by atoms with van der Waals surface area (Å²) >= 11 is 0. The smallest absolute Gasteiger partial charge is 0.314 e. The molecule has 0 amide bonds. The van der Waals surface area contributed by atoms with E-state index in [1.54, 1.807) is 0 Å². The number of rotatable bonds is 8. The van der Waals surface area contributed by atoms with Gasteiger partial charge >= 0.3 is 6.18 Å². The first-order valence-electron chi connectivity index (χ1n) is 7.47. The minimum Gasteiger partial charge on any atom is -0.314 e. The highest BCUT2D eigenvalue weighted by Gasteiger charge is 2.33. The maximum absolute atomic E-state index is 13.5. The SMILES string of the molecule is CCCNC(CCC)CCc1ccc(C(F)(F)F)c(F)c1. The second kappa shape index (κ2) is 8.37. The highest BCUT2D eigenvalue weighted by Crippen LogP contribution is 2.31. The van der Waals surface area contributed by atoms with Crippen LogP contribution in [0.2, 0.25) is 0 Å². The monoisotopic (exact) mass is 305 g/mol. The Morgan fingerprint density at radius 2 is 1.81 bits per heavy atom. The molecule has 1 nitrogen and oxygen atoms in total. The van der Waals surface area contributed by atoms with Gasteiger partial charge in [-0.05, 0) is 49.9 Å². The van der Waals surface area contributed by atoms with Gasteiger partial charge in [0.25, 0.3) is 0 Å². The van der Waals surface area contributed by atoms with Crippen LogP contribution in [0.1, 0.15) is 50.7 Å². The van der Waals surface area contributed by atoms with E-state index in [2.05, 4.69) is 19.2 Å². The van der Waals surface area contributed by atoms with Gasteiger partial charge in [-0.25, -0.2) is 4.39 Å². The van der Waals surface area contributed by atoms with Gasteiger partial charge in [0.1, 0.15) is 5.82 Å². The molecule has 5 heteroatoms. The minimum atomic E-state index is -4.63. The van der Waals surface area contributed by atoms with E-state index in [-0.39, 0.29) is 0 Å². The standard InChI is InChI=1S/C16H23F4N/c1-3-5-13(21-10-4-2)8-6-12-7-9-14(15(17)11-12)16(18,19)20/h7,9,11,13,21H,3-6,8,10H2,1-2H3. The quantitative estimate of drug-likeness (QED) is 0.670. The Morgan fingerprint density at radius 3 is 2.33 bits per heavy atom. The Bertz CT molecular complexity index is 429. The van der Waals surface area contributed by atoms with Crippen molar-refractivity contribution in [2.75, 3.05) is 6.54 Å². The van der Waals surface area contributed by atoms with Crippen LogP contribution >= 0.6 is 0 Å². The van der Waals surface area contributed by atoms with Crippen LogP contribution in [-0.2, 0) is 12.6 Å². The molecular formula is C16H23F4N. The second-order valence-electron chi connectivity index (χ2n) is 5.29. The molecule has 0 fully saturated rings. The molecule has 1 N–H and O–H groups in total. The number of hydrogen-bond donors (Lipinski definition) is 1. The Morgan fingerprint density at radius 1 is 1.10 bits per heavy atom. The van der Waals surface area contributed by atoms with Crippen LogP contribution < -0.4 is 5.32 Å². The first-order chi connectivity index (χ1) is 9.88. The van der Waals surface area contributed by atoms with Crippen molar-refractivity contribution < 1.29 is 17.6 Å². The normalized spacial score (nSPS) is 13.4. The predicted molar refractivity (Wildman–Crippen MR) is 76.7 cm³/mol. The number of hydrogen-bond acceptors (Lipinski definition) is 1. The van der Waals surface area contributed by atoms with Gasteiger partial charge < -0.3 is 5.32 Å². The van der Waals surface area contributed by atoms with Gasteiger partial charge in [0.15, 0.2) is 0 Å². The van der Waals surface area contributed by atoms with Crippen molar-refractivity contribution in [3.05, 3.63) is 35.1 Å². The highest BCUT2D eigenvalue weighted by molar-refractivity contribution is 5.26. The fourth-order valence-electron chi connectivity index (χ4n) is 2.33. The lowest BCUT2D eigenvalue weighted by Crippen LogP contribution is -2.30. The minimum absolute atomic E-state index is 0.334. The van der Waals surface area contributed by atoms with Gasteiger partial charge in [-0.1, -0.05) is 26.3 Å². The summed E-state index contributed by atoms with van der Waals surface area (Å²) in [5, 5.41) is 3.42. The van der Waals surface area contributed by atoms with E-state index in [9.17, 15) is 17.6 Å². The van der Waals surface area contributed by atoms with E-state index in [0.717, 1.165) is 44.4 Å². The lowest BCUT2D eigenvalue weighted by molar-refractivity contribution is -0.140. The summed E-state index contributed by atoms with van der Waals surface area (Å²) in [5.74, 6) is -1.19. The third-order valence-electron chi connectivity index (χ3n) is 3.44. The molecule has 1 aromatic carbocycles. The average Bonchev–Trinajstić information content (AvgIpc) is 2.40. The highest BCUT2D eigenvalue weighted by atomic mass is 19.4. The van der Waals surface area contributed by atoms with Gasteiger partial charge in [0, 0.05) is 6.04 Å². The first-order valence-corrected chi connectivity index (χ1v) is 7.47. The Balaban J connectivity index is 2.64. The van der Waals surface area contributed by atoms with Crippen LogP contribution in [0.3, 0.4) is 0 Å². The van der Waals surface area contributed by atoms with Crippen molar-refractivity contribution in [1.82, 2.24) is 5.32 Å². The van der Waals surface area contributed by atoms with Gasteiger partial charge in [-0.2, -0.15) is 13.2 Å². The Hall–Kier alpha value is -1.10. The fraction of sp³-hybridized carbons (Fsp3) is 0.625. The molecule has 0 radical (unpaired) electrons. The van der Waals surface area contributed by atoms with E-state index in [1.165, 1.54) is 6.07 Å². The lowest BCUT2D eigenvalue weighted by Gasteiger charge is -2.18. The van der Waals surface area contributed by atoms with Gasteiger partial charge in [0.05, 0.1) is 5.56 Å². The number of benzene rings is 1. The molecule has 1 atom stereocenters. The first kappa shape index (κ1) is 18.0. The van der Waals surface area contributed by atoms with Crippen molar-refractivity contribution in [2.24, 2.45) is 0 Å². The summed E-state index contributed by atoms with van der Waals surface area (Å²) in [6, 6.07) is 3.54. The third kappa shape index (κ3) is 6.04. The molecule has 0 aliphatic carbocycles.